The Balaban J connectivity index is 2.10. The summed E-state index contributed by atoms with van der Waals surface area (Å²) in [6, 6.07) is -0.425. The maximum absolute atomic E-state index is 12.1. The molecule has 0 saturated carbocycles. The van der Waals surface area contributed by atoms with Gasteiger partial charge in [0.25, 0.3) is 0 Å². The molecule has 2 rings (SSSR count). The van der Waals surface area contributed by atoms with Crippen molar-refractivity contribution in [1.29, 1.82) is 0 Å². The second-order valence-electron chi connectivity index (χ2n) is 4.52. The molecule has 2 amide bonds. The Morgan fingerprint density at radius 2 is 2.29 bits per heavy atom. The molecular weight excluding hydrogens is 220 g/mol. The Labute approximate surface area is 99.4 Å². The Kier molecular flexibility index (Phi) is 3.12. The van der Waals surface area contributed by atoms with Crippen LogP contribution in [0.3, 0.4) is 0 Å². The molecule has 0 spiro atoms. The van der Waals surface area contributed by atoms with Gasteiger partial charge in [-0.1, -0.05) is 13.8 Å². The normalized spacial score (nSPS) is 20.9. The van der Waals surface area contributed by atoms with E-state index in [9.17, 15) is 9.59 Å². The molecule has 1 aromatic heterocycles. The van der Waals surface area contributed by atoms with Crippen LogP contribution < -0.4 is 5.32 Å². The number of aromatic amines is 1. The fraction of sp³-hybridized carbons (Fsp3) is 0.545. The van der Waals surface area contributed by atoms with Gasteiger partial charge in [0.2, 0.25) is 11.8 Å². The molecule has 2 heterocycles. The molecule has 17 heavy (non-hydrogen) atoms. The van der Waals surface area contributed by atoms with Gasteiger partial charge in [0, 0.05) is 12.4 Å². The van der Waals surface area contributed by atoms with E-state index in [1.54, 1.807) is 12.4 Å². The number of piperazine rings is 1. The summed E-state index contributed by atoms with van der Waals surface area (Å²) in [5, 5.41) is 2.71. The summed E-state index contributed by atoms with van der Waals surface area (Å²) in [5.41, 5.74) is 0. The quantitative estimate of drug-likeness (QED) is 0.768. The zero-order valence-corrected chi connectivity index (χ0v) is 9.93. The predicted molar refractivity (Wildman–Crippen MR) is 60.8 cm³/mol. The number of H-pyrrole nitrogens is 1. The highest BCUT2D eigenvalue weighted by atomic mass is 16.2. The highest BCUT2D eigenvalue weighted by molar-refractivity contribution is 5.94. The van der Waals surface area contributed by atoms with Crippen LogP contribution >= 0.6 is 0 Å². The number of hydrogen-bond acceptors (Lipinski definition) is 3. The van der Waals surface area contributed by atoms with Crippen molar-refractivity contribution in [3.8, 4) is 0 Å². The van der Waals surface area contributed by atoms with Gasteiger partial charge in [0.1, 0.15) is 18.4 Å². The minimum atomic E-state index is -0.425. The van der Waals surface area contributed by atoms with Crippen LogP contribution in [0.2, 0.25) is 0 Å². The van der Waals surface area contributed by atoms with Gasteiger partial charge >= 0.3 is 0 Å². The van der Waals surface area contributed by atoms with E-state index in [1.807, 2.05) is 13.8 Å². The van der Waals surface area contributed by atoms with Crippen molar-refractivity contribution >= 4 is 11.8 Å². The van der Waals surface area contributed by atoms with Crippen molar-refractivity contribution in [2.45, 2.75) is 26.4 Å². The highest BCUT2D eigenvalue weighted by Crippen LogP contribution is 2.12. The maximum atomic E-state index is 12.1. The smallest absolute Gasteiger partial charge is 0.246 e. The summed E-state index contributed by atoms with van der Waals surface area (Å²) in [6.07, 6.45) is 3.33. The first-order valence-electron chi connectivity index (χ1n) is 5.64. The first-order valence-corrected chi connectivity index (χ1v) is 5.64. The molecule has 6 nitrogen and oxygen atoms in total. The number of rotatable bonds is 3. The minimum absolute atomic E-state index is 0.0454. The molecule has 1 atom stereocenters. The SMILES string of the molecule is CC(C)C1NC(=O)CN(Cc2ncc[nH]2)C1=O. The van der Waals surface area contributed by atoms with Crippen LogP contribution in [0.15, 0.2) is 12.4 Å². The van der Waals surface area contributed by atoms with E-state index in [2.05, 4.69) is 15.3 Å². The number of nitrogens with one attached hydrogen (secondary N) is 2. The van der Waals surface area contributed by atoms with Crippen LogP contribution in [-0.4, -0.2) is 39.3 Å². The van der Waals surface area contributed by atoms with Crippen molar-refractivity contribution < 1.29 is 9.59 Å². The molecule has 1 aromatic rings. The van der Waals surface area contributed by atoms with E-state index in [-0.39, 0.29) is 24.3 Å². The van der Waals surface area contributed by atoms with Gasteiger partial charge < -0.3 is 15.2 Å². The van der Waals surface area contributed by atoms with E-state index < -0.39 is 6.04 Å². The third-order valence-electron chi connectivity index (χ3n) is 2.79. The second-order valence-corrected chi connectivity index (χ2v) is 4.52. The van der Waals surface area contributed by atoms with Crippen molar-refractivity contribution in [2.75, 3.05) is 6.54 Å². The van der Waals surface area contributed by atoms with Gasteiger partial charge in [-0.05, 0) is 5.92 Å². The molecule has 1 fully saturated rings. The summed E-state index contributed by atoms with van der Waals surface area (Å²) in [4.78, 5) is 32.2. The number of aromatic nitrogens is 2. The van der Waals surface area contributed by atoms with Crippen molar-refractivity contribution in [3.05, 3.63) is 18.2 Å². The maximum Gasteiger partial charge on any atom is 0.246 e. The van der Waals surface area contributed by atoms with Crippen LogP contribution in [0.5, 0.6) is 0 Å². The summed E-state index contributed by atoms with van der Waals surface area (Å²) >= 11 is 0. The molecule has 0 aliphatic carbocycles. The highest BCUT2D eigenvalue weighted by Gasteiger charge is 2.34. The Morgan fingerprint density at radius 3 is 2.88 bits per heavy atom. The van der Waals surface area contributed by atoms with Gasteiger partial charge in [-0.2, -0.15) is 0 Å². The summed E-state index contributed by atoms with van der Waals surface area (Å²) in [7, 11) is 0. The lowest BCUT2D eigenvalue weighted by Gasteiger charge is -2.33. The van der Waals surface area contributed by atoms with Crippen LogP contribution in [0, 0.1) is 5.92 Å². The molecule has 1 aliphatic rings. The Morgan fingerprint density at radius 1 is 1.53 bits per heavy atom. The lowest BCUT2D eigenvalue weighted by atomic mass is 10.0. The lowest BCUT2D eigenvalue weighted by molar-refractivity contribution is -0.146. The standard InChI is InChI=1S/C11H16N4O2/c1-7(2)10-11(17)15(6-9(16)14-10)5-8-12-3-4-13-8/h3-4,7,10H,5-6H2,1-2H3,(H,12,13)(H,14,16). The molecule has 2 N–H and O–H groups in total. The largest absolute Gasteiger partial charge is 0.347 e. The van der Waals surface area contributed by atoms with Crippen LogP contribution in [0.4, 0.5) is 0 Å². The molecule has 1 saturated heterocycles. The lowest BCUT2D eigenvalue weighted by Crippen LogP contribution is -2.59. The molecule has 0 bridgehead atoms. The van der Waals surface area contributed by atoms with Gasteiger partial charge in [-0.3, -0.25) is 9.59 Å². The second kappa shape index (κ2) is 4.57. The van der Waals surface area contributed by atoms with E-state index in [1.165, 1.54) is 4.90 Å². The van der Waals surface area contributed by atoms with Gasteiger partial charge in [-0.25, -0.2) is 4.98 Å². The third-order valence-corrected chi connectivity index (χ3v) is 2.79. The average molecular weight is 236 g/mol. The van der Waals surface area contributed by atoms with Crippen molar-refractivity contribution in [2.24, 2.45) is 5.92 Å². The van der Waals surface area contributed by atoms with Crippen LogP contribution in [-0.2, 0) is 16.1 Å². The number of amides is 2. The Hall–Kier alpha value is -1.85. The van der Waals surface area contributed by atoms with Crippen molar-refractivity contribution in [3.63, 3.8) is 0 Å². The number of nitrogens with zero attached hydrogens (tertiary/aromatic N) is 2. The van der Waals surface area contributed by atoms with E-state index >= 15 is 0 Å². The van der Waals surface area contributed by atoms with E-state index in [4.69, 9.17) is 0 Å². The van der Waals surface area contributed by atoms with Crippen molar-refractivity contribution in [1.82, 2.24) is 20.2 Å². The Bertz CT molecular complexity index is 413. The summed E-state index contributed by atoms with van der Waals surface area (Å²) in [6.45, 7) is 4.28. The topological polar surface area (TPSA) is 78.1 Å². The number of hydrogen-bond donors (Lipinski definition) is 2. The molecule has 1 unspecified atom stereocenters. The monoisotopic (exact) mass is 236 g/mol. The van der Waals surface area contributed by atoms with Gasteiger partial charge in [0.15, 0.2) is 0 Å². The van der Waals surface area contributed by atoms with Gasteiger partial charge in [0.05, 0.1) is 6.54 Å². The summed E-state index contributed by atoms with van der Waals surface area (Å²) < 4.78 is 0. The first-order chi connectivity index (χ1) is 8.08. The minimum Gasteiger partial charge on any atom is -0.347 e. The molecular formula is C11H16N4O2. The molecule has 0 radical (unpaired) electrons. The molecule has 0 aromatic carbocycles. The average Bonchev–Trinajstić information content (AvgIpc) is 2.75. The third kappa shape index (κ3) is 2.46. The molecule has 1 aliphatic heterocycles. The van der Waals surface area contributed by atoms with E-state index in [0.717, 1.165) is 0 Å². The van der Waals surface area contributed by atoms with Crippen LogP contribution in [0.1, 0.15) is 19.7 Å². The summed E-state index contributed by atoms with van der Waals surface area (Å²) in [5.74, 6) is 0.618. The zero-order chi connectivity index (χ0) is 12.4. The van der Waals surface area contributed by atoms with Crippen LogP contribution in [0.25, 0.3) is 0 Å². The number of carbonyl (C=O) groups is 2. The zero-order valence-electron chi connectivity index (χ0n) is 9.93. The molecule has 6 heteroatoms. The van der Waals surface area contributed by atoms with Gasteiger partial charge in [-0.15, -0.1) is 0 Å². The molecule has 92 valence electrons. The fourth-order valence-corrected chi connectivity index (χ4v) is 1.88. The fourth-order valence-electron chi connectivity index (χ4n) is 1.88. The van der Waals surface area contributed by atoms with E-state index in [0.29, 0.717) is 12.4 Å². The predicted octanol–water partition coefficient (Wildman–Crippen LogP) is -0.107. The number of carbonyl (C=O) groups excluding carboxylic acids is 2. The number of imidazole rings is 1. The first kappa shape index (κ1) is 11.6.